The molecule has 20 heavy (non-hydrogen) atoms. The molecule has 0 unspecified atom stereocenters. The van der Waals surface area contributed by atoms with Gasteiger partial charge in [0.1, 0.15) is 5.82 Å². The van der Waals surface area contributed by atoms with Crippen LogP contribution in [0, 0.1) is 5.41 Å². The van der Waals surface area contributed by atoms with Crippen molar-refractivity contribution < 1.29 is 26.3 Å². The second-order valence-corrected chi connectivity index (χ2v) is 5.64. The van der Waals surface area contributed by atoms with Gasteiger partial charge < -0.3 is 5.32 Å². The van der Waals surface area contributed by atoms with Crippen LogP contribution in [0.2, 0.25) is 0 Å². The smallest absolute Gasteiger partial charge is 0.369 e. The molecule has 1 heterocycles. The fraction of sp³-hybridized carbons (Fsp3) is 0.545. The highest BCUT2D eigenvalue weighted by molar-refractivity contribution is 9.10. The van der Waals surface area contributed by atoms with Gasteiger partial charge in [-0.1, -0.05) is 0 Å². The number of aromatic nitrogens is 1. The standard InChI is InChI=1S/C11H11BrF6N2/c1-9(2,11(16,17)18)5-20-8-3-6(10(13,14)15)7(12)4-19-8/h3-4H,5H2,1-2H3,(H,19,20). The molecule has 0 fully saturated rings. The summed E-state index contributed by atoms with van der Waals surface area (Å²) in [5.41, 5.74) is -3.08. The molecule has 0 amide bonds. The van der Waals surface area contributed by atoms with Crippen LogP contribution in [0.15, 0.2) is 16.7 Å². The normalized spacial score (nSPS) is 13.4. The van der Waals surface area contributed by atoms with Gasteiger partial charge in [0.2, 0.25) is 0 Å². The lowest BCUT2D eigenvalue weighted by molar-refractivity contribution is -0.206. The highest BCUT2D eigenvalue weighted by atomic mass is 79.9. The van der Waals surface area contributed by atoms with E-state index in [2.05, 4.69) is 26.2 Å². The number of nitrogens with zero attached hydrogens (tertiary/aromatic N) is 1. The summed E-state index contributed by atoms with van der Waals surface area (Å²) >= 11 is 2.70. The molecule has 1 aromatic rings. The van der Waals surface area contributed by atoms with Crippen LogP contribution >= 0.6 is 15.9 Å². The minimum atomic E-state index is -4.61. The maximum atomic E-state index is 12.6. The quantitative estimate of drug-likeness (QED) is 0.774. The first kappa shape index (κ1) is 17.1. The first-order valence-electron chi connectivity index (χ1n) is 5.38. The minimum absolute atomic E-state index is 0.266. The Hall–Kier alpha value is -0.990. The van der Waals surface area contributed by atoms with Crippen LogP contribution in [-0.2, 0) is 6.18 Å². The average Bonchev–Trinajstić information content (AvgIpc) is 2.24. The van der Waals surface area contributed by atoms with Crippen LogP contribution in [0.5, 0.6) is 0 Å². The van der Waals surface area contributed by atoms with Crippen LogP contribution in [0.3, 0.4) is 0 Å². The summed E-state index contributed by atoms with van der Waals surface area (Å²) in [7, 11) is 0. The van der Waals surface area contributed by atoms with Gasteiger partial charge in [-0.05, 0) is 35.8 Å². The molecule has 0 aliphatic heterocycles. The van der Waals surface area contributed by atoms with E-state index in [4.69, 9.17) is 0 Å². The highest BCUT2D eigenvalue weighted by Gasteiger charge is 2.47. The van der Waals surface area contributed by atoms with Gasteiger partial charge in [-0.3, -0.25) is 0 Å². The van der Waals surface area contributed by atoms with Crippen molar-refractivity contribution >= 4 is 21.7 Å². The van der Waals surface area contributed by atoms with E-state index in [1.165, 1.54) is 0 Å². The van der Waals surface area contributed by atoms with Crippen LogP contribution in [-0.4, -0.2) is 17.7 Å². The second kappa shape index (κ2) is 5.42. The number of halogens is 7. The van der Waals surface area contributed by atoms with Gasteiger partial charge in [-0.25, -0.2) is 4.98 Å². The molecular formula is C11H11BrF6N2. The molecule has 0 aliphatic carbocycles. The van der Waals surface area contributed by atoms with Gasteiger partial charge in [0.15, 0.2) is 0 Å². The Bertz CT molecular complexity index is 481. The predicted octanol–water partition coefficient (Wildman–Crippen LogP) is 4.86. The van der Waals surface area contributed by atoms with Crippen molar-refractivity contribution in [1.29, 1.82) is 0 Å². The Kier molecular flexibility index (Phi) is 4.62. The molecule has 114 valence electrons. The van der Waals surface area contributed by atoms with Gasteiger partial charge in [-0.15, -0.1) is 0 Å². The van der Waals surface area contributed by atoms with Crippen molar-refractivity contribution in [2.45, 2.75) is 26.2 Å². The van der Waals surface area contributed by atoms with E-state index in [9.17, 15) is 26.3 Å². The Balaban J connectivity index is 2.91. The van der Waals surface area contributed by atoms with Gasteiger partial charge in [0.05, 0.1) is 11.0 Å². The minimum Gasteiger partial charge on any atom is -0.369 e. The Morgan fingerprint density at radius 3 is 2.15 bits per heavy atom. The summed E-state index contributed by atoms with van der Waals surface area (Å²) in [5, 5.41) is 2.28. The fourth-order valence-electron chi connectivity index (χ4n) is 1.16. The highest BCUT2D eigenvalue weighted by Crippen LogP contribution is 2.38. The van der Waals surface area contributed by atoms with E-state index in [-0.39, 0.29) is 10.3 Å². The topological polar surface area (TPSA) is 24.9 Å². The van der Waals surface area contributed by atoms with Crippen LogP contribution in [0.4, 0.5) is 32.2 Å². The Morgan fingerprint density at radius 1 is 1.15 bits per heavy atom. The SMILES string of the molecule is CC(C)(CNc1cc(C(F)(F)F)c(Br)cn1)C(F)(F)F. The van der Waals surface area contributed by atoms with E-state index in [1.807, 2.05) is 0 Å². The number of rotatable bonds is 3. The molecule has 0 aliphatic rings. The number of anilines is 1. The Morgan fingerprint density at radius 2 is 1.70 bits per heavy atom. The number of nitrogens with one attached hydrogen (secondary N) is 1. The van der Waals surface area contributed by atoms with Gasteiger partial charge >= 0.3 is 12.4 Å². The van der Waals surface area contributed by atoms with Gasteiger partial charge in [-0.2, -0.15) is 26.3 Å². The third kappa shape index (κ3) is 4.00. The lowest BCUT2D eigenvalue weighted by Crippen LogP contribution is -2.38. The van der Waals surface area contributed by atoms with Crippen molar-refractivity contribution in [2.24, 2.45) is 5.41 Å². The zero-order chi connectivity index (χ0) is 15.8. The first-order valence-corrected chi connectivity index (χ1v) is 6.17. The molecule has 0 atom stereocenters. The average molecular weight is 365 g/mol. The number of hydrogen-bond donors (Lipinski definition) is 1. The van der Waals surface area contributed by atoms with Crippen molar-refractivity contribution in [2.75, 3.05) is 11.9 Å². The molecule has 0 spiro atoms. The van der Waals surface area contributed by atoms with Crippen molar-refractivity contribution in [3.05, 3.63) is 22.3 Å². The zero-order valence-corrected chi connectivity index (χ0v) is 12.0. The van der Waals surface area contributed by atoms with Crippen molar-refractivity contribution in [1.82, 2.24) is 4.98 Å². The zero-order valence-electron chi connectivity index (χ0n) is 10.5. The molecule has 0 saturated heterocycles. The van der Waals surface area contributed by atoms with Gasteiger partial charge in [0, 0.05) is 17.2 Å². The summed E-state index contributed by atoms with van der Waals surface area (Å²) in [4.78, 5) is 3.61. The van der Waals surface area contributed by atoms with Gasteiger partial charge in [0.25, 0.3) is 0 Å². The van der Waals surface area contributed by atoms with E-state index < -0.39 is 29.9 Å². The molecule has 1 rings (SSSR count). The molecule has 0 radical (unpaired) electrons. The summed E-state index contributed by atoms with van der Waals surface area (Å²) < 4.78 is 75.5. The van der Waals surface area contributed by atoms with Crippen LogP contribution < -0.4 is 5.32 Å². The third-order valence-electron chi connectivity index (χ3n) is 2.64. The van der Waals surface area contributed by atoms with E-state index in [0.29, 0.717) is 6.07 Å². The third-order valence-corrected chi connectivity index (χ3v) is 3.27. The fourth-order valence-corrected chi connectivity index (χ4v) is 1.61. The van der Waals surface area contributed by atoms with E-state index in [1.54, 1.807) is 0 Å². The number of pyridine rings is 1. The van der Waals surface area contributed by atoms with Crippen molar-refractivity contribution in [3.8, 4) is 0 Å². The largest absolute Gasteiger partial charge is 0.417 e. The summed E-state index contributed by atoms with van der Waals surface area (Å²) in [6.45, 7) is 1.31. The first-order chi connectivity index (χ1) is 8.84. The molecule has 0 aromatic carbocycles. The second-order valence-electron chi connectivity index (χ2n) is 4.78. The lowest BCUT2D eigenvalue weighted by atomic mass is 9.93. The summed E-state index contributed by atoms with van der Waals surface area (Å²) in [6, 6.07) is 0.663. The Labute approximate surface area is 119 Å². The summed E-state index contributed by atoms with van der Waals surface area (Å²) in [5.74, 6) is -0.266. The molecule has 0 saturated carbocycles. The molecular weight excluding hydrogens is 354 g/mol. The molecule has 0 bridgehead atoms. The number of alkyl halides is 6. The maximum Gasteiger partial charge on any atom is 0.417 e. The predicted molar refractivity (Wildman–Crippen MR) is 65.3 cm³/mol. The monoisotopic (exact) mass is 364 g/mol. The van der Waals surface area contributed by atoms with Crippen LogP contribution in [0.25, 0.3) is 0 Å². The summed E-state index contributed by atoms with van der Waals surface area (Å²) in [6.07, 6.45) is -8.19. The van der Waals surface area contributed by atoms with Crippen molar-refractivity contribution in [3.63, 3.8) is 0 Å². The molecule has 1 N–H and O–H groups in total. The molecule has 1 aromatic heterocycles. The number of hydrogen-bond acceptors (Lipinski definition) is 2. The molecule has 9 heteroatoms. The maximum absolute atomic E-state index is 12.6. The lowest BCUT2D eigenvalue weighted by Gasteiger charge is -2.28. The van der Waals surface area contributed by atoms with Crippen LogP contribution in [0.1, 0.15) is 19.4 Å². The van der Waals surface area contributed by atoms with E-state index >= 15 is 0 Å². The molecule has 2 nitrogen and oxygen atoms in total. The van der Waals surface area contributed by atoms with E-state index in [0.717, 1.165) is 20.0 Å².